The van der Waals surface area contributed by atoms with Gasteiger partial charge in [0.2, 0.25) is 0 Å². The van der Waals surface area contributed by atoms with Gasteiger partial charge in [0.1, 0.15) is 5.60 Å². The molecule has 104 valence electrons. The van der Waals surface area contributed by atoms with Crippen LogP contribution in [0.1, 0.15) is 30.6 Å². The summed E-state index contributed by atoms with van der Waals surface area (Å²) < 4.78 is 5.16. The van der Waals surface area contributed by atoms with Gasteiger partial charge in [0.15, 0.2) is 0 Å². The number of carboxylic acids is 1. The van der Waals surface area contributed by atoms with Crippen LogP contribution in [0, 0.1) is 0 Å². The summed E-state index contributed by atoms with van der Waals surface area (Å²) in [6, 6.07) is 4.25. The molecular weight excluding hydrogens is 270 g/mol. The third-order valence-electron chi connectivity index (χ3n) is 3.07. The molecule has 1 rings (SSSR count). The van der Waals surface area contributed by atoms with Gasteiger partial charge < -0.3 is 15.2 Å². The molecule has 5 nitrogen and oxygen atoms in total. The van der Waals surface area contributed by atoms with E-state index in [-0.39, 0.29) is 11.3 Å². The lowest BCUT2D eigenvalue weighted by molar-refractivity contribution is -0.136. The minimum atomic E-state index is -1.16. The van der Waals surface area contributed by atoms with E-state index in [1.807, 2.05) is 6.92 Å². The first-order chi connectivity index (χ1) is 8.84. The van der Waals surface area contributed by atoms with E-state index in [4.69, 9.17) is 21.4 Å². The van der Waals surface area contributed by atoms with Crippen molar-refractivity contribution < 1.29 is 19.4 Å². The number of rotatable bonds is 5. The zero-order valence-corrected chi connectivity index (χ0v) is 11.7. The maximum atomic E-state index is 12.1. The molecule has 0 bridgehead atoms. The normalized spacial score (nSPS) is 13.7. The van der Waals surface area contributed by atoms with Crippen molar-refractivity contribution in [1.82, 2.24) is 0 Å². The quantitative estimate of drug-likeness (QED) is 0.872. The SMILES string of the molecule is CCC(C)(OC)C(=O)Nc1ccc(Cl)cc1C(=O)O. The number of aromatic carboxylic acids is 1. The van der Waals surface area contributed by atoms with Crippen LogP contribution in [0.15, 0.2) is 18.2 Å². The van der Waals surface area contributed by atoms with Gasteiger partial charge >= 0.3 is 5.97 Å². The van der Waals surface area contributed by atoms with Crippen LogP contribution in [0.2, 0.25) is 5.02 Å². The number of halogens is 1. The molecule has 6 heteroatoms. The molecule has 19 heavy (non-hydrogen) atoms. The number of anilines is 1. The molecular formula is C13H16ClNO4. The number of ether oxygens (including phenoxy) is 1. The van der Waals surface area contributed by atoms with E-state index >= 15 is 0 Å². The molecule has 0 saturated carbocycles. The Morgan fingerprint density at radius 3 is 2.58 bits per heavy atom. The summed E-state index contributed by atoms with van der Waals surface area (Å²) in [6.07, 6.45) is 0.464. The maximum absolute atomic E-state index is 12.1. The predicted octanol–water partition coefficient (Wildman–Crippen LogP) is 2.79. The second-order valence-corrected chi connectivity index (χ2v) is 4.67. The van der Waals surface area contributed by atoms with Gasteiger partial charge in [-0.1, -0.05) is 18.5 Å². The molecule has 1 unspecified atom stereocenters. The van der Waals surface area contributed by atoms with E-state index in [0.717, 1.165) is 0 Å². The van der Waals surface area contributed by atoms with Gasteiger partial charge in [0.25, 0.3) is 5.91 Å². The van der Waals surface area contributed by atoms with Gasteiger partial charge in [-0.15, -0.1) is 0 Å². The fraction of sp³-hybridized carbons (Fsp3) is 0.385. The number of amides is 1. The number of nitrogens with one attached hydrogen (secondary N) is 1. The summed E-state index contributed by atoms with van der Waals surface area (Å²) in [7, 11) is 1.43. The minimum Gasteiger partial charge on any atom is -0.478 e. The summed E-state index contributed by atoms with van der Waals surface area (Å²) >= 11 is 5.74. The van der Waals surface area contributed by atoms with E-state index in [1.54, 1.807) is 6.92 Å². The molecule has 0 radical (unpaired) electrons. The first kappa shape index (κ1) is 15.5. The Kier molecular flexibility index (Phi) is 4.91. The molecule has 2 N–H and O–H groups in total. The summed E-state index contributed by atoms with van der Waals surface area (Å²) in [5.74, 6) is -1.56. The fourth-order valence-corrected chi connectivity index (χ4v) is 1.63. The second kappa shape index (κ2) is 6.04. The average molecular weight is 286 g/mol. The summed E-state index contributed by atoms with van der Waals surface area (Å²) in [4.78, 5) is 23.2. The minimum absolute atomic E-state index is 0.0598. The molecule has 0 spiro atoms. The predicted molar refractivity (Wildman–Crippen MR) is 72.7 cm³/mol. The Balaban J connectivity index is 3.06. The van der Waals surface area contributed by atoms with E-state index in [2.05, 4.69) is 5.32 Å². The smallest absolute Gasteiger partial charge is 0.337 e. The van der Waals surface area contributed by atoms with Crippen molar-refractivity contribution in [2.24, 2.45) is 0 Å². The average Bonchev–Trinajstić information content (AvgIpc) is 2.39. The van der Waals surface area contributed by atoms with E-state index in [0.29, 0.717) is 11.4 Å². The highest BCUT2D eigenvalue weighted by atomic mass is 35.5. The molecule has 0 saturated heterocycles. The Hall–Kier alpha value is -1.59. The van der Waals surface area contributed by atoms with Crippen molar-refractivity contribution in [2.75, 3.05) is 12.4 Å². The van der Waals surface area contributed by atoms with Crippen LogP contribution in [-0.2, 0) is 9.53 Å². The molecule has 0 aliphatic carbocycles. The van der Waals surface area contributed by atoms with Crippen LogP contribution in [0.4, 0.5) is 5.69 Å². The number of hydrogen-bond acceptors (Lipinski definition) is 3. The monoisotopic (exact) mass is 285 g/mol. The van der Waals surface area contributed by atoms with Gasteiger partial charge in [-0.25, -0.2) is 4.79 Å². The van der Waals surface area contributed by atoms with Crippen molar-refractivity contribution in [1.29, 1.82) is 0 Å². The number of carbonyl (C=O) groups is 2. The molecule has 1 atom stereocenters. The first-order valence-corrected chi connectivity index (χ1v) is 6.11. The number of benzene rings is 1. The van der Waals surface area contributed by atoms with E-state index < -0.39 is 17.5 Å². The van der Waals surface area contributed by atoms with Crippen molar-refractivity contribution >= 4 is 29.2 Å². The third kappa shape index (κ3) is 3.45. The molecule has 0 aliphatic heterocycles. The summed E-state index contributed by atoms with van der Waals surface area (Å²) in [6.45, 7) is 3.45. The zero-order chi connectivity index (χ0) is 14.6. The van der Waals surface area contributed by atoms with Gasteiger partial charge in [0.05, 0.1) is 11.3 Å². The summed E-state index contributed by atoms with van der Waals surface area (Å²) in [5, 5.41) is 11.9. The number of carboxylic acid groups (broad SMARTS) is 1. The van der Waals surface area contributed by atoms with E-state index in [1.165, 1.54) is 25.3 Å². The van der Waals surface area contributed by atoms with Crippen LogP contribution >= 0.6 is 11.6 Å². The van der Waals surface area contributed by atoms with E-state index in [9.17, 15) is 9.59 Å². The lowest BCUT2D eigenvalue weighted by atomic mass is 10.0. The molecule has 0 heterocycles. The van der Waals surface area contributed by atoms with Gasteiger partial charge in [-0.3, -0.25) is 4.79 Å². The number of carbonyl (C=O) groups excluding carboxylic acids is 1. The van der Waals surface area contributed by atoms with Gasteiger partial charge in [-0.2, -0.15) is 0 Å². The van der Waals surface area contributed by atoms with Gasteiger partial charge in [-0.05, 0) is 31.5 Å². The highest BCUT2D eigenvalue weighted by Gasteiger charge is 2.31. The number of methoxy groups -OCH3 is 1. The highest BCUT2D eigenvalue weighted by Crippen LogP contribution is 2.23. The number of hydrogen-bond donors (Lipinski definition) is 2. The molecule has 0 aromatic heterocycles. The molecule has 0 fully saturated rings. The molecule has 1 aromatic rings. The van der Waals surface area contributed by atoms with Crippen molar-refractivity contribution in [3.63, 3.8) is 0 Å². The second-order valence-electron chi connectivity index (χ2n) is 4.24. The Bertz CT molecular complexity index is 497. The first-order valence-electron chi connectivity index (χ1n) is 5.73. The topological polar surface area (TPSA) is 75.6 Å². The molecule has 1 amide bonds. The third-order valence-corrected chi connectivity index (χ3v) is 3.30. The zero-order valence-electron chi connectivity index (χ0n) is 11.0. The Morgan fingerprint density at radius 1 is 1.47 bits per heavy atom. The van der Waals surface area contributed by atoms with Crippen LogP contribution in [0.25, 0.3) is 0 Å². The van der Waals surface area contributed by atoms with Crippen LogP contribution in [0.3, 0.4) is 0 Å². The Morgan fingerprint density at radius 2 is 2.11 bits per heavy atom. The van der Waals surface area contributed by atoms with Gasteiger partial charge in [0, 0.05) is 12.1 Å². The van der Waals surface area contributed by atoms with Crippen LogP contribution in [0.5, 0.6) is 0 Å². The molecule has 0 aliphatic rings. The largest absolute Gasteiger partial charge is 0.478 e. The lowest BCUT2D eigenvalue weighted by Crippen LogP contribution is -2.41. The van der Waals surface area contributed by atoms with Crippen molar-refractivity contribution in [2.45, 2.75) is 25.9 Å². The fourth-order valence-electron chi connectivity index (χ4n) is 1.45. The Labute approximate surface area is 116 Å². The van der Waals surface area contributed by atoms with Crippen LogP contribution in [-0.4, -0.2) is 29.7 Å². The van der Waals surface area contributed by atoms with Crippen molar-refractivity contribution in [3.8, 4) is 0 Å². The van der Waals surface area contributed by atoms with Crippen LogP contribution < -0.4 is 5.32 Å². The highest BCUT2D eigenvalue weighted by molar-refractivity contribution is 6.31. The summed E-state index contributed by atoms with van der Waals surface area (Å²) in [5.41, 5.74) is -0.871. The standard InChI is InChI=1S/C13H16ClNO4/c1-4-13(2,19-3)12(18)15-10-6-5-8(14)7-9(10)11(16)17/h5-7H,4H2,1-3H3,(H,15,18)(H,16,17). The van der Waals surface area contributed by atoms with Crippen molar-refractivity contribution in [3.05, 3.63) is 28.8 Å². The lowest BCUT2D eigenvalue weighted by Gasteiger charge is -2.25. The molecule has 1 aromatic carbocycles. The maximum Gasteiger partial charge on any atom is 0.337 e.